The number of aromatic nitrogens is 1. The number of nitrogens with zero attached hydrogens (tertiary/aromatic N) is 1. The number of aryl methyl sites for hydroxylation is 1. The van der Waals surface area contributed by atoms with E-state index in [1.165, 1.54) is 4.88 Å². The molecule has 11 heavy (non-hydrogen) atoms. The van der Waals surface area contributed by atoms with Crippen molar-refractivity contribution in [1.29, 1.82) is 0 Å². The van der Waals surface area contributed by atoms with Gasteiger partial charge in [-0.3, -0.25) is 0 Å². The summed E-state index contributed by atoms with van der Waals surface area (Å²) in [5.74, 6) is 0.533. The molecule has 0 atom stereocenters. The molecule has 1 aromatic heterocycles. The van der Waals surface area contributed by atoms with Crippen molar-refractivity contribution in [3.8, 4) is 0 Å². The van der Waals surface area contributed by atoms with Gasteiger partial charge in [0, 0.05) is 12.8 Å². The summed E-state index contributed by atoms with van der Waals surface area (Å²) in [6.07, 6.45) is 5.90. The summed E-state index contributed by atoms with van der Waals surface area (Å²) in [6, 6.07) is 0. The predicted octanol–water partition coefficient (Wildman–Crippen LogP) is 0.814. The van der Waals surface area contributed by atoms with Crippen LogP contribution in [0.2, 0.25) is 0 Å². The lowest BCUT2D eigenvalue weighted by atomic mass is 10.3. The van der Waals surface area contributed by atoms with Crippen LogP contribution in [0.3, 0.4) is 0 Å². The third kappa shape index (κ3) is 1.05. The minimum Gasteiger partial charge on any atom is -0.505 e. The maximum Gasteiger partial charge on any atom is 0.305 e. The van der Waals surface area contributed by atoms with Crippen molar-refractivity contribution in [3.63, 3.8) is 0 Å². The molecule has 2 nitrogen and oxygen atoms in total. The van der Waals surface area contributed by atoms with E-state index >= 15 is 0 Å². The highest BCUT2D eigenvalue weighted by Gasteiger charge is 2.12. The van der Waals surface area contributed by atoms with Gasteiger partial charge in [0.15, 0.2) is 18.2 Å². The highest BCUT2D eigenvalue weighted by atomic mass is 32.1. The molecule has 0 saturated carbocycles. The Labute approximate surface area is 68.8 Å². The van der Waals surface area contributed by atoms with Crippen LogP contribution in [0.4, 0.5) is 0 Å². The molecule has 1 aliphatic rings. The van der Waals surface area contributed by atoms with Crippen LogP contribution in [-0.2, 0) is 0 Å². The smallest absolute Gasteiger partial charge is 0.305 e. The second-order valence-electron chi connectivity index (χ2n) is 2.72. The van der Waals surface area contributed by atoms with Gasteiger partial charge < -0.3 is 5.11 Å². The first kappa shape index (κ1) is 6.85. The Balaban J connectivity index is 2.88. The van der Waals surface area contributed by atoms with Crippen LogP contribution >= 0.6 is 11.3 Å². The first-order valence-corrected chi connectivity index (χ1v) is 4.49. The fraction of sp³-hybridized carbons (Fsp3) is 0.375. The molecule has 0 aromatic carbocycles. The summed E-state index contributed by atoms with van der Waals surface area (Å²) in [7, 11) is 0. The van der Waals surface area contributed by atoms with Gasteiger partial charge in [0.2, 0.25) is 0 Å². The number of rotatable bonds is 0. The molecule has 0 unspecified atom stereocenters. The van der Waals surface area contributed by atoms with Gasteiger partial charge in [0.1, 0.15) is 0 Å². The van der Waals surface area contributed by atoms with Gasteiger partial charge in [-0.05, 0) is 6.92 Å². The van der Waals surface area contributed by atoms with Crippen LogP contribution in [0.25, 0.3) is 5.76 Å². The van der Waals surface area contributed by atoms with Crippen LogP contribution in [0, 0.1) is 13.1 Å². The summed E-state index contributed by atoms with van der Waals surface area (Å²) in [5, 5.41) is 9.46. The van der Waals surface area contributed by atoms with Crippen molar-refractivity contribution in [2.45, 2.75) is 19.8 Å². The molecule has 0 amide bonds. The zero-order valence-electron chi connectivity index (χ0n) is 6.37. The Morgan fingerprint density at radius 3 is 3.18 bits per heavy atom. The van der Waals surface area contributed by atoms with Crippen LogP contribution < -0.4 is 8.91 Å². The Morgan fingerprint density at radius 1 is 1.64 bits per heavy atom. The lowest BCUT2D eigenvalue weighted by molar-refractivity contribution is -0.522. The number of fused-ring (bicyclic) bond motifs is 1. The molecule has 58 valence electrons. The molecule has 0 fully saturated rings. The summed E-state index contributed by atoms with van der Waals surface area (Å²) >= 11 is 1.64. The van der Waals surface area contributed by atoms with Crippen molar-refractivity contribution in [2.75, 3.05) is 0 Å². The number of aliphatic hydroxyl groups excluding tert-OH is 1. The van der Waals surface area contributed by atoms with Gasteiger partial charge in [-0.1, -0.05) is 11.3 Å². The Morgan fingerprint density at radius 2 is 2.45 bits per heavy atom. The fourth-order valence-electron chi connectivity index (χ4n) is 1.28. The minimum atomic E-state index is 0.533. The molecule has 2 heterocycles. The zero-order valence-corrected chi connectivity index (χ0v) is 7.19. The van der Waals surface area contributed by atoms with Crippen LogP contribution in [-0.4, -0.2) is 5.11 Å². The van der Waals surface area contributed by atoms with Crippen molar-refractivity contribution in [3.05, 3.63) is 22.0 Å². The zero-order chi connectivity index (χ0) is 7.84. The summed E-state index contributed by atoms with van der Waals surface area (Å²) in [5.41, 5.74) is 0. The Bertz CT molecular complexity index is 391. The van der Waals surface area contributed by atoms with Crippen molar-refractivity contribution < 1.29 is 9.35 Å². The standard InChI is InChI=1S/C8H9NOS/c1-6-5-9-4-2-3-7(10)8(9)11-6/h4-5H,2-3H2,1H3/p+1. The second kappa shape index (κ2) is 2.34. The first-order chi connectivity index (χ1) is 5.27. The highest BCUT2D eigenvalue weighted by molar-refractivity contribution is 7.09. The number of hydrogen-bond acceptors (Lipinski definition) is 2. The lowest BCUT2D eigenvalue weighted by Crippen LogP contribution is -2.35. The van der Waals surface area contributed by atoms with E-state index in [1.54, 1.807) is 11.3 Å². The Hall–Kier alpha value is -0.830. The SMILES string of the molecule is Cc1c[n+]2c(s1)=C(O)CCC=2. The van der Waals surface area contributed by atoms with Gasteiger partial charge in [-0.25, -0.2) is 0 Å². The molecule has 1 aliphatic heterocycles. The van der Waals surface area contributed by atoms with E-state index in [1.807, 2.05) is 4.24 Å². The summed E-state index contributed by atoms with van der Waals surface area (Å²) in [4.78, 5) is 1.24. The maximum absolute atomic E-state index is 9.46. The van der Waals surface area contributed by atoms with E-state index in [0.29, 0.717) is 5.76 Å². The largest absolute Gasteiger partial charge is 0.505 e. The molecular formula is C8H10NOS+. The molecule has 3 heteroatoms. The van der Waals surface area contributed by atoms with Crippen molar-refractivity contribution in [1.82, 2.24) is 0 Å². The van der Waals surface area contributed by atoms with E-state index in [4.69, 9.17) is 0 Å². The van der Waals surface area contributed by atoms with Crippen molar-refractivity contribution in [2.24, 2.45) is 0 Å². The van der Waals surface area contributed by atoms with Gasteiger partial charge in [0.25, 0.3) is 0 Å². The monoisotopic (exact) mass is 168 g/mol. The topological polar surface area (TPSA) is 26.1 Å². The molecule has 0 aliphatic carbocycles. The van der Waals surface area contributed by atoms with Crippen molar-refractivity contribution >= 4 is 17.1 Å². The fourth-order valence-corrected chi connectivity index (χ4v) is 2.20. The molecule has 0 radical (unpaired) electrons. The molecule has 0 spiro atoms. The van der Waals surface area contributed by atoms with Gasteiger partial charge >= 0.3 is 4.66 Å². The van der Waals surface area contributed by atoms with Crippen LogP contribution in [0.1, 0.15) is 17.7 Å². The van der Waals surface area contributed by atoms with Gasteiger partial charge in [-0.2, -0.15) is 4.24 Å². The molecular weight excluding hydrogens is 158 g/mol. The van der Waals surface area contributed by atoms with Crippen LogP contribution in [0.15, 0.2) is 6.20 Å². The van der Waals surface area contributed by atoms with E-state index in [2.05, 4.69) is 19.3 Å². The quantitative estimate of drug-likeness (QED) is 0.570. The molecule has 1 aromatic rings. The lowest BCUT2D eigenvalue weighted by Gasteiger charge is -1.92. The second-order valence-corrected chi connectivity index (χ2v) is 3.96. The average Bonchev–Trinajstić information content (AvgIpc) is 2.31. The van der Waals surface area contributed by atoms with Crippen LogP contribution in [0.5, 0.6) is 0 Å². The molecule has 0 bridgehead atoms. The number of thiazole rings is 1. The third-order valence-corrected chi connectivity index (χ3v) is 2.83. The van der Waals surface area contributed by atoms with E-state index in [0.717, 1.165) is 17.5 Å². The van der Waals surface area contributed by atoms with Gasteiger partial charge in [-0.15, -0.1) is 0 Å². The van der Waals surface area contributed by atoms with E-state index in [-0.39, 0.29) is 0 Å². The third-order valence-electron chi connectivity index (χ3n) is 1.77. The Kier molecular flexibility index (Phi) is 1.46. The van der Waals surface area contributed by atoms with E-state index < -0.39 is 0 Å². The average molecular weight is 168 g/mol. The highest BCUT2D eigenvalue weighted by Crippen LogP contribution is 2.05. The van der Waals surface area contributed by atoms with E-state index in [9.17, 15) is 5.11 Å². The van der Waals surface area contributed by atoms with Gasteiger partial charge in [0.05, 0.1) is 4.88 Å². The molecule has 0 saturated heterocycles. The molecule has 1 N–H and O–H groups in total. The normalized spacial score (nSPS) is 15.9. The minimum absolute atomic E-state index is 0.533. The summed E-state index contributed by atoms with van der Waals surface area (Å²) < 4.78 is 3.01. The predicted molar refractivity (Wildman–Crippen MR) is 43.8 cm³/mol. The number of aliphatic hydroxyl groups is 1. The maximum atomic E-state index is 9.46. The summed E-state index contributed by atoms with van der Waals surface area (Å²) in [6.45, 7) is 2.05. The molecule has 2 rings (SSSR count). The number of hydrogen-bond donors (Lipinski definition) is 1. The first-order valence-electron chi connectivity index (χ1n) is 3.67.